The summed E-state index contributed by atoms with van der Waals surface area (Å²) < 4.78 is 33.3. The van der Waals surface area contributed by atoms with Crippen molar-refractivity contribution in [2.75, 3.05) is 31.6 Å². The van der Waals surface area contributed by atoms with Gasteiger partial charge in [0.05, 0.1) is 18.1 Å². The van der Waals surface area contributed by atoms with E-state index >= 15 is 0 Å². The fraction of sp³-hybridized carbons (Fsp3) is 0.375. The molecule has 8 nitrogen and oxygen atoms in total. The number of ether oxygens (including phenoxy) is 1. The van der Waals surface area contributed by atoms with Gasteiger partial charge in [0.15, 0.2) is 5.69 Å². The number of aromatic nitrogens is 2. The topological polar surface area (TPSA) is 93.5 Å². The molecule has 1 fully saturated rings. The van der Waals surface area contributed by atoms with E-state index in [2.05, 4.69) is 10.4 Å². The van der Waals surface area contributed by atoms with Crippen molar-refractivity contribution in [1.82, 2.24) is 14.1 Å². The SMILES string of the molecule is Cc1cc(C(=O)Nc2ccc(S(=O)(=O)N3CCOCC3)cc2)nn1C. The Morgan fingerprint density at radius 1 is 1.20 bits per heavy atom. The van der Waals surface area contributed by atoms with Gasteiger partial charge in [-0.2, -0.15) is 9.40 Å². The first-order valence-electron chi connectivity index (χ1n) is 7.88. The first kappa shape index (κ1) is 17.6. The Kier molecular flexibility index (Phi) is 4.89. The highest BCUT2D eigenvalue weighted by atomic mass is 32.2. The van der Waals surface area contributed by atoms with Crippen LogP contribution in [-0.4, -0.2) is 54.7 Å². The zero-order valence-corrected chi connectivity index (χ0v) is 14.9. The van der Waals surface area contributed by atoms with Crippen LogP contribution in [0.3, 0.4) is 0 Å². The smallest absolute Gasteiger partial charge is 0.276 e. The van der Waals surface area contributed by atoms with E-state index in [0.717, 1.165) is 5.69 Å². The van der Waals surface area contributed by atoms with Crippen molar-refractivity contribution in [2.45, 2.75) is 11.8 Å². The van der Waals surface area contributed by atoms with Crippen LogP contribution in [0.25, 0.3) is 0 Å². The average molecular weight is 364 g/mol. The van der Waals surface area contributed by atoms with Crippen molar-refractivity contribution in [3.63, 3.8) is 0 Å². The van der Waals surface area contributed by atoms with E-state index in [1.165, 1.54) is 16.4 Å². The first-order chi connectivity index (χ1) is 11.9. The van der Waals surface area contributed by atoms with Gasteiger partial charge in [0, 0.05) is 31.5 Å². The van der Waals surface area contributed by atoms with Crippen LogP contribution in [-0.2, 0) is 21.8 Å². The predicted octanol–water partition coefficient (Wildman–Crippen LogP) is 1.00. The molecular weight excluding hydrogens is 344 g/mol. The van der Waals surface area contributed by atoms with Crippen molar-refractivity contribution >= 4 is 21.6 Å². The molecule has 25 heavy (non-hydrogen) atoms. The molecule has 0 unspecified atom stereocenters. The molecule has 3 rings (SSSR count). The predicted molar refractivity (Wildman–Crippen MR) is 91.9 cm³/mol. The number of nitrogens with one attached hydrogen (secondary N) is 1. The Bertz CT molecular complexity index is 849. The highest BCUT2D eigenvalue weighted by molar-refractivity contribution is 7.89. The third-order valence-corrected chi connectivity index (χ3v) is 5.98. The molecule has 1 saturated heterocycles. The molecule has 9 heteroatoms. The summed E-state index contributed by atoms with van der Waals surface area (Å²) in [5.41, 5.74) is 1.69. The zero-order valence-electron chi connectivity index (χ0n) is 14.1. The van der Waals surface area contributed by atoms with Gasteiger partial charge in [-0.1, -0.05) is 0 Å². The van der Waals surface area contributed by atoms with E-state index in [4.69, 9.17) is 4.74 Å². The van der Waals surface area contributed by atoms with Crippen LogP contribution >= 0.6 is 0 Å². The highest BCUT2D eigenvalue weighted by Gasteiger charge is 2.26. The normalized spacial score (nSPS) is 15.9. The molecule has 2 aromatic rings. The minimum atomic E-state index is -3.54. The monoisotopic (exact) mass is 364 g/mol. The maximum Gasteiger partial charge on any atom is 0.276 e. The van der Waals surface area contributed by atoms with Crippen molar-refractivity contribution in [3.8, 4) is 0 Å². The summed E-state index contributed by atoms with van der Waals surface area (Å²) in [5.74, 6) is -0.340. The number of carbonyl (C=O) groups excluding carboxylic acids is 1. The number of morpholine rings is 1. The number of amides is 1. The second-order valence-electron chi connectivity index (χ2n) is 5.79. The minimum absolute atomic E-state index is 0.195. The number of nitrogens with zero attached hydrogens (tertiary/aromatic N) is 3. The van der Waals surface area contributed by atoms with Gasteiger partial charge >= 0.3 is 0 Å². The summed E-state index contributed by atoms with van der Waals surface area (Å²) in [6, 6.07) is 7.81. The third kappa shape index (κ3) is 3.73. The quantitative estimate of drug-likeness (QED) is 0.874. The Labute approximate surface area is 146 Å². The molecule has 1 amide bonds. The third-order valence-electron chi connectivity index (χ3n) is 4.07. The molecule has 0 aliphatic carbocycles. The van der Waals surface area contributed by atoms with Crippen molar-refractivity contribution in [3.05, 3.63) is 41.7 Å². The Hall–Kier alpha value is -2.23. The van der Waals surface area contributed by atoms with Crippen molar-refractivity contribution < 1.29 is 17.9 Å². The van der Waals surface area contributed by atoms with Crippen LogP contribution < -0.4 is 5.32 Å². The maximum absolute atomic E-state index is 12.6. The lowest BCUT2D eigenvalue weighted by atomic mass is 10.3. The molecular formula is C16H20N4O4S. The van der Waals surface area contributed by atoms with Crippen LogP contribution in [0, 0.1) is 6.92 Å². The van der Waals surface area contributed by atoms with E-state index in [1.54, 1.807) is 29.9 Å². The molecule has 1 aromatic heterocycles. The average Bonchev–Trinajstić information content (AvgIpc) is 2.95. The minimum Gasteiger partial charge on any atom is -0.379 e. The fourth-order valence-electron chi connectivity index (χ4n) is 2.51. The van der Waals surface area contributed by atoms with Crippen LogP contribution in [0.15, 0.2) is 35.2 Å². The standard InChI is InChI=1S/C16H20N4O4S/c1-12-11-15(18-19(12)2)16(21)17-13-3-5-14(6-4-13)25(22,23)20-7-9-24-10-8-20/h3-6,11H,7-10H2,1-2H3,(H,17,21). The van der Waals surface area contributed by atoms with Crippen LogP contribution in [0.1, 0.15) is 16.2 Å². The number of hydrogen-bond acceptors (Lipinski definition) is 5. The van der Waals surface area contributed by atoms with Gasteiger partial charge in [-0.05, 0) is 37.3 Å². The molecule has 0 atom stereocenters. The molecule has 0 bridgehead atoms. The molecule has 0 spiro atoms. The van der Waals surface area contributed by atoms with Crippen molar-refractivity contribution in [2.24, 2.45) is 7.05 Å². The van der Waals surface area contributed by atoms with Gasteiger partial charge in [-0.3, -0.25) is 9.48 Å². The molecule has 134 valence electrons. The number of aryl methyl sites for hydroxylation is 2. The van der Waals surface area contributed by atoms with Crippen molar-refractivity contribution in [1.29, 1.82) is 0 Å². The summed E-state index contributed by atoms with van der Waals surface area (Å²) in [4.78, 5) is 12.4. The lowest BCUT2D eigenvalue weighted by Crippen LogP contribution is -2.40. The summed E-state index contributed by atoms with van der Waals surface area (Å²) in [6.45, 7) is 3.35. The molecule has 0 radical (unpaired) electrons. The molecule has 1 aliphatic heterocycles. The van der Waals surface area contributed by atoms with Crippen LogP contribution in [0.4, 0.5) is 5.69 Å². The summed E-state index contributed by atoms with van der Waals surface area (Å²) in [6.07, 6.45) is 0. The van der Waals surface area contributed by atoms with Gasteiger partial charge in [0.2, 0.25) is 10.0 Å². The lowest BCUT2D eigenvalue weighted by molar-refractivity contribution is 0.0730. The number of sulfonamides is 1. The van der Waals surface area contributed by atoms with E-state index in [9.17, 15) is 13.2 Å². The van der Waals surface area contributed by atoms with Crippen LogP contribution in [0.2, 0.25) is 0 Å². The zero-order chi connectivity index (χ0) is 18.0. The number of rotatable bonds is 4. The van der Waals surface area contributed by atoms with Gasteiger partial charge in [-0.25, -0.2) is 8.42 Å². The van der Waals surface area contributed by atoms with Crippen LogP contribution in [0.5, 0.6) is 0 Å². The second-order valence-corrected chi connectivity index (χ2v) is 7.73. The Balaban J connectivity index is 1.72. The largest absolute Gasteiger partial charge is 0.379 e. The van der Waals surface area contributed by atoms with E-state index in [-0.39, 0.29) is 10.8 Å². The lowest BCUT2D eigenvalue weighted by Gasteiger charge is -2.26. The van der Waals surface area contributed by atoms with E-state index < -0.39 is 10.0 Å². The van der Waals surface area contributed by atoms with Gasteiger partial charge < -0.3 is 10.1 Å². The number of carbonyl (C=O) groups is 1. The number of anilines is 1. The van der Waals surface area contributed by atoms with E-state index in [1.807, 2.05) is 6.92 Å². The molecule has 1 N–H and O–H groups in total. The fourth-order valence-corrected chi connectivity index (χ4v) is 3.92. The van der Waals surface area contributed by atoms with Gasteiger partial charge in [0.25, 0.3) is 5.91 Å². The van der Waals surface area contributed by atoms with E-state index in [0.29, 0.717) is 37.7 Å². The summed E-state index contributed by atoms with van der Waals surface area (Å²) in [5, 5.41) is 6.83. The van der Waals surface area contributed by atoms with Gasteiger partial charge in [-0.15, -0.1) is 0 Å². The molecule has 0 saturated carbocycles. The second kappa shape index (κ2) is 6.95. The van der Waals surface area contributed by atoms with Gasteiger partial charge in [0.1, 0.15) is 0 Å². The Morgan fingerprint density at radius 2 is 1.84 bits per heavy atom. The molecule has 2 heterocycles. The molecule has 1 aromatic carbocycles. The molecule has 1 aliphatic rings. The first-order valence-corrected chi connectivity index (χ1v) is 9.32. The summed E-state index contributed by atoms with van der Waals surface area (Å²) >= 11 is 0. The number of benzene rings is 1. The maximum atomic E-state index is 12.6. The Morgan fingerprint density at radius 3 is 2.40 bits per heavy atom. The number of hydrogen-bond donors (Lipinski definition) is 1. The highest BCUT2D eigenvalue weighted by Crippen LogP contribution is 2.19. The summed E-state index contributed by atoms with van der Waals surface area (Å²) in [7, 11) is -1.78.